The predicted molar refractivity (Wildman–Crippen MR) is 104 cm³/mol. The summed E-state index contributed by atoms with van der Waals surface area (Å²) in [6.07, 6.45) is 0. The molecule has 142 valence electrons. The molecule has 0 radical (unpaired) electrons. The van der Waals surface area contributed by atoms with Crippen molar-refractivity contribution in [2.24, 2.45) is 0 Å². The number of hydrogen-bond acceptors (Lipinski definition) is 4. The van der Waals surface area contributed by atoms with Crippen LogP contribution in [0.1, 0.15) is 25.5 Å². The van der Waals surface area contributed by atoms with Crippen LogP contribution in [-0.4, -0.2) is 28.2 Å². The largest absolute Gasteiger partial charge is 0.491 e. The highest BCUT2D eigenvalue weighted by Crippen LogP contribution is 2.27. The van der Waals surface area contributed by atoms with E-state index in [0.717, 1.165) is 0 Å². The van der Waals surface area contributed by atoms with Crippen molar-refractivity contribution in [2.45, 2.75) is 24.8 Å². The van der Waals surface area contributed by atoms with E-state index in [0.29, 0.717) is 41.2 Å². The van der Waals surface area contributed by atoms with Crippen molar-refractivity contribution in [1.82, 2.24) is 4.72 Å². The molecule has 2 aromatic carbocycles. The molecule has 0 spiro atoms. The summed E-state index contributed by atoms with van der Waals surface area (Å²) >= 11 is 12.0. The molecule has 1 unspecified atom stereocenters. The van der Waals surface area contributed by atoms with E-state index in [4.69, 9.17) is 32.7 Å². The minimum atomic E-state index is -3.70. The molecular weight excluding hydrogens is 397 g/mol. The van der Waals surface area contributed by atoms with Crippen LogP contribution < -0.4 is 9.46 Å². The third kappa shape index (κ3) is 5.86. The molecule has 2 aromatic rings. The first-order valence-corrected chi connectivity index (χ1v) is 10.3. The zero-order valence-corrected chi connectivity index (χ0v) is 16.9. The van der Waals surface area contributed by atoms with Crippen LogP contribution in [0.25, 0.3) is 0 Å². The molecule has 0 aliphatic heterocycles. The zero-order chi connectivity index (χ0) is 19.2. The summed E-state index contributed by atoms with van der Waals surface area (Å²) < 4.78 is 38.4. The number of hydrogen-bond donors (Lipinski definition) is 1. The Kier molecular flexibility index (Phi) is 7.73. The van der Waals surface area contributed by atoms with E-state index >= 15 is 0 Å². The van der Waals surface area contributed by atoms with Gasteiger partial charge in [0.15, 0.2) is 0 Å². The van der Waals surface area contributed by atoms with Crippen molar-refractivity contribution in [1.29, 1.82) is 0 Å². The Morgan fingerprint density at radius 3 is 2.38 bits per heavy atom. The molecule has 0 bridgehead atoms. The molecule has 0 saturated heterocycles. The van der Waals surface area contributed by atoms with Crippen LogP contribution in [0.2, 0.25) is 10.0 Å². The molecule has 0 heterocycles. The minimum absolute atomic E-state index is 0.145. The molecular formula is C18H21Cl2NO4S. The van der Waals surface area contributed by atoms with Gasteiger partial charge in [-0.1, -0.05) is 29.3 Å². The summed E-state index contributed by atoms with van der Waals surface area (Å²) in [5.41, 5.74) is 0.649. The number of nitrogens with one attached hydrogen (secondary N) is 1. The first kappa shape index (κ1) is 21.0. The van der Waals surface area contributed by atoms with Gasteiger partial charge in [-0.05, 0) is 55.8 Å². The average molecular weight is 418 g/mol. The Labute approximate surface area is 164 Å². The molecule has 0 saturated carbocycles. The fraction of sp³-hybridized carbons (Fsp3) is 0.333. The fourth-order valence-corrected chi connectivity index (χ4v) is 4.09. The van der Waals surface area contributed by atoms with Crippen molar-refractivity contribution < 1.29 is 17.9 Å². The Hall–Kier alpha value is -1.31. The second-order valence-electron chi connectivity index (χ2n) is 5.53. The number of benzene rings is 2. The lowest BCUT2D eigenvalue weighted by atomic mass is 10.1. The van der Waals surface area contributed by atoms with Crippen LogP contribution in [0.15, 0.2) is 47.4 Å². The van der Waals surface area contributed by atoms with E-state index in [9.17, 15) is 8.42 Å². The predicted octanol–water partition coefficient (Wildman–Crippen LogP) is 4.45. The van der Waals surface area contributed by atoms with Crippen LogP contribution in [0.3, 0.4) is 0 Å². The molecule has 5 nitrogen and oxygen atoms in total. The summed E-state index contributed by atoms with van der Waals surface area (Å²) in [5, 5.41) is 0.902. The molecule has 26 heavy (non-hydrogen) atoms. The van der Waals surface area contributed by atoms with Crippen molar-refractivity contribution >= 4 is 33.2 Å². The lowest BCUT2D eigenvalue weighted by molar-refractivity contribution is 0.110. The SMILES string of the molecule is CCOCCOc1ccc(S(=O)(=O)NC(C)c2ccc(Cl)cc2Cl)cc1. The van der Waals surface area contributed by atoms with Gasteiger partial charge < -0.3 is 9.47 Å². The van der Waals surface area contributed by atoms with E-state index in [-0.39, 0.29) is 4.90 Å². The number of sulfonamides is 1. The van der Waals surface area contributed by atoms with Gasteiger partial charge in [-0.15, -0.1) is 0 Å². The number of rotatable bonds is 9. The average Bonchev–Trinajstić information content (AvgIpc) is 2.58. The Bertz CT molecular complexity index is 826. The summed E-state index contributed by atoms with van der Waals surface area (Å²) in [6.45, 7) is 5.15. The highest BCUT2D eigenvalue weighted by Gasteiger charge is 2.20. The molecule has 0 amide bonds. The van der Waals surface area contributed by atoms with E-state index in [1.807, 2.05) is 6.92 Å². The lowest BCUT2D eigenvalue weighted by Gasteiger charge is -2.16. The van der Waals surface area contributed by atoms with E-state index < -0.39 is 16.1 Å². The highest BCUT2D eigenvalue weighted by molar-refractivity contribution is 7.89. The molecule has 0 fully saturated rings. The molecule has 1 atom stereocenters. The standard InChI is InChI=1S/C18H21Cl2NO4S/c1-3-24-10-11-25-15-5-7-16(8-6-15)26(22,23)21-13(2)17-9-4-14(19)12-18(17)20/h4-9,12-13,21H,3,10-11H2,1-2H3. The van der Waals surface area contributed by atoms with Crippen LogP contribution in [0.5, 0.6) is 5.75 Å². The Morgan fingerprint density at radius 1 is 1.08 bits per heavy atom. The molecule has 0 aliphatic carbocycles. The fourth-order valence-electron chi connectivity index (χ4n) is 2.29. The van der Waals surface area contributed by atoms with Crippen molar-refractivity contribution in [3.8, 4) is 5.75 Å². The number of ether oxygens (including phenoxy) is 2. The van der Waals surface area contributed by atoms with Crippen molar-refractivity contribution in [2.75, 3.05) is 19.8 Å². The second-order valence-corrected chi connectivity index (χ2v) is 8.08. The van der Waals surface area contributed by atoms with Gasteiger partial charge in [0.2, 0.25) is 10.0 Å². The first-order valence-electron chi connectivity index (χ1n) is 8.11. The van der Waals surface area contributed by atoms with E-state index in [1.54, 1.807) is 37.3 Å². The smallest absolute Gasteiger partial charge is 0.241 e. The van der Waals surface area contributed by atoms with Crippen molar-refractivity contribution in [3.05, 3.63) is 58.1 Å². The van der Waals surface area contributed by atoms with E-state index in [1.165, 1.54) is 12.1 Å². The molecule has 8 heteroatoms. The summed E-state index contributed by atoms with van der Waals surface area (Å²) in [6, 6.07) is 10.7. The van der Waals surface area contributed by atoms with Crippen LogP contribution >= 0.6 is 23.2 Å². The Balaban J connectivity index is 2.04. The van der Waals surface area contributed by atoms with Gasteiger partial charge in [0.05, 0.1) is 11.5 Å². The number of halogens is 2. The van der Waals surface area contributed by atoms with Gasteiger partial charge in [0.25, 0.3) is 0 Å². The summed E-state index contributed by atoms with van der Waals surface area (Å²) in [7, 11) is -3.70. The quantitative estimate of drug-likeness (QED) is 0.612. The maximum absolute atomic E-state index is 12.6. The molecule has 0 aliphatic rings. The maximum atomic E-state index is 12.6. The van der Waals surface area contributed by atoms with Gasteiger partial charge in [0, 0.05) is 22.7 Å². The summed E-state index contributed by atoms with van der Waals surface area (Å²) in [4.78, 5) is 0.145. The van der Waals surface area contributed by atoms with Crippen LogP contribution in [-0.2, 0) is 14.8 Å². The van der Waals surface area contributed by atoms with Gasteiger partial charge in [0.1, 0.15) is 12.4 Å². The normalized spacial score (nSPS) is 12.8. The molecule has 1 N–H and O–H groups in total. The summed E-state index contributed by atoms with van der Waals surface area (Å²) in [5.74, 6) is 0.581. The van der Waals surface area contributed by atoms with Gasteiger partial charge in [-0.2, -0.15) is 0 Å². The van der Waals surface area contributed by atoms with Crippen molar-refractivity contribution in [3.63, 3.8) is 0 Å². The first-order chi connectivity index (χ1) is 12.3. The minimum Gasteiger partial charge on any atom is -0.491 e. The third-order valence-electron chi connectivity index (χ3n) is 3.60. The van der Waals surface area contributed by atoms with Crippen LogP contribution in [0, 0.1) is 0 Å². The van der Waals surface area contributed by atoms with E-state index in [2.05, 4.69) is 4.72 Å². The second kappa shape index (κ2) is 9.58. The topological polar surface area (TPSA) is 64.6 Å². The Morgan fingerprint density at radius 2 is 1.77 bits per heavy atom. The van der Waals surface area contributed by atoms with Crippen LogP contribution in [0.4, 0.5) is 0 Å². The maximum Gasteiger partial charge on any atom is 0.241 e. The van der Waals surface area contributed by atoms with Gasteiger partial charge >= 0.3 is 0 Å². The third-order valence-corrected chi connectivity index (χ3v) is 5.71. The zero-order valence-electron chi connectivity index (χ0n) is 14.5. The molecule has 0 aromatic heterocycles. The van der Waals surface area contributed by atoms with Gasteiger partial charge in [-0.3, -0.25) is 0 Å². The highest BCUT2D eigenvalue weighted by atomic mass is 35.5. The monoisotopic (exact) mass is 417 g/mol. The van der Waals surface area contributed by atoms with Gasteiger partial charge in [-0.25, -0.2) is 13.1 Å². The lowest BCUT2D eigenvalue weighted by Crippen LogP contribution is -2.27. The molecule has 2 rings (SSSR count).